The highest BCUT2D eigenvalue weighted by molar-refractivity contribution is 9.10. The second kappa shape index (κ2) is 7.93. The first-order valence-corrected chi connectivity index (χ1v) is 9.69. The molecule has 0 radical (unpaired) electrons. The van der Waals surface area contributed by atoms with Crippen LogP contribution in [0.25, 0.3) is 0 Å². The number of hydrogen-bond donors (Lipinski definition) is 1. The zero-order valence-electron chi connectivity index (χ0n) is 13.8. The van der Waals surface area contributed by atoms with Gasteiger partial charge in [-0.25, -0.2) is 0 Å². The Kier molecular flexibility index (Phi) is 5.81. The number of amides is 2. The maximum absolute atomic E-state index is 13.6. The molecule has 1 atom stereocenters. The molecule has 0 saturated carbocycles. The molecule has 0 spiro atoms. The summed E-state index contributed by atoms with van der Waals surface area (Å²) in [5.41, 5.74) is 0.239. The highest BCUT2D eigenvalue weighted by atomic mass is 79.9. The lowest BCUT2D eigenvalue weighted by Gasteiger charge is -2.31. The van der Waals surface area contributed by atoms with E-state index in [9.17, 15) is 22.8 Å². The normalized spacial score (nSPS) is 17.1. The van der Waals surface area contributed by atoms with Crippen LogP contribution in [0.1, 0.15) is 6.42 Å². The summed E-state index contributed by atoms with van der Waals surface area (Å²) in [6.07, 6.45) is -5.57. The largest absolute Gasteiger partial charge is 0.409 e. The van der Waals surface area contributed by atoms with E-state index in [0.717, 1.165) is 21.1 Å². The van der Waals surface area contributed by atoms with Crippen molar-refractivity contribution in [3.05, 3.63) is 53.0 Å². The molecule has 0 fully saturated rings. The highest BCUT2D eigenvalue weighted by Crippen LogP contribution is 2.38. The van der Waals surface area contributed by atoms with Crippen LogP contribution in [0.3, 0.4) is 0 Å². The van der Waals surface area contributed by atoms with Crippen molar-refractivity contribution in [3.63, 3.8) is 0 Å². The van der Waals surface area contributed by atoms with E-state index in [1.165, 1.54) is 18.2 Å². The molecule has 4 nitrogen and oxygen atoms in total. The number of benzene rings is 2. The molecule has 1 aliphatic rings. The lowest BCUT2D eigenvalue weighted by molar-refractivity contribution is -0.157. The van der Waals surface area contributed by atoms with E-state index in [1.807, 2.05) is 0 Å². The third kappa shape index (κ3) is 4.65. The Hall–Kier alpha value is -2.00. The molecule has 3 rings (SSSR count). The van der Waals surface area contributed by atoms with Crippen LogP contribution in [-0.2, 0) is 9.59 Å². The summed E-state index contributed by atoms with van der Waals surface area (Å²) in [6, 6.07) is 10.9. The lowest BCUT2D eigenvalue weighted by Crippen LogP contribution is -2.50. The Bertz CT molecular complexity index is 858. The van der Waals surface area contributed by atoms with Crippen LogP contribution in [0.4, 0.5) is 24.5 Å². The topological polar surface area (TPSA) is 49.4 Å². The molecular weight excluding hydrogens is 445 g/mol. The van der Waals surface area contributed by atoms with Gasteiger partial charge in [0.05, 0.1) is 23.5 Å². The van der Waals surface area contributed by atoms with Crippen molar-refractivity contribution in [2.75, 3.05) is 16.0 Å². The van der Waals surface area contributed by atoms with Gasteiger partial charge >= 0.3 is 6.18 Å². The highest BCUT2D eigenvalue weighted by Gasteiger charge is 2.48. The molecule has 9 heteroatoms. The number of carbonyl (C=O) groups excluding carboxylic acids is 2. The van der Waals surface area contributed by atoms with Gasteiger partial charge in [-0.15, -0.1) is 11.8 Å². The molecule has 1 heterocycles. The van der Waals surface area contributed by atoms with Crippen molar-refractivity contribution in [1.82, 2.24) is 0 Å². The van der Waals surface area contributed by atoms with Crippen LogP contribution in [0.15, 0.2) is 57.9 Å². The van der Waals surface area contributed by atoms with Gasteiger partial charge in [0.2, 0.25) is 11.8 Å². The molecule has 2 aromatic carbocycles. The van der Waals surface area contributed by atoms with Crippen molar-refractivity contribution in [3.8, 4) is 0 Å². The van der Waals surface area contributed by atoms with Crippen LogP contribution in [0.2, 0.25) is 0 Å². The molecule has 2 aromatic rings. The SMILES string of the molecule is O=C1CC(C(F)(F)F)N(C(=O)CSc2ccc(Br)cc2)c2ccccc2N1. The zero-order chi connectivity index (χ0) is 19.6. The second-order valence-electron chi connectivity index (χ2n) is 5.83. The van der Waals surface area contributed by atoms with Crippen LogP contribution in [0.5, 0.6) is 0 Å². The standard InChI is InChI=1S/C18H14BrF3N2O2S/c19-11-5-7-12(8-6-11)27-10-17(26)24-14-4-2-1-3-13(14)23-16(25)9-15(24)18(20,21)22/h1-8,15H,9-10H2,(H,23,25). The van der Waals surface area contributed by atoms with Crippen molar-refractivity contribution in [2.45, 2.75) is 23.5 Å². The molecule has 2 amide bonds. The van der Waals surface area contributed by atoms with Gasteiger partial charge in [0.25, 0.3) is 0 Å². The summed E-state index contributed by atoms with van der Waals surface area (Å²) in [4.78, 5) is 26.1. The number of halogens is 4. The number of alkyl halides is 3. The summed E-state index contributed by atoms with van der Waals surface area (Å²) in [7, 11) is 0. The van der Waals surface area contributed by atoms with Gasteiger partial charge in [0.1, 0.15) is 6.04 Å². The first kappa shape index (κ1) is 19.8. The molecule has 0 aliphatic carbocycles. The fraction of sp³-hybridized carbons (Fsp3) is 0.222. The number of nitrogens with zero attached hydrogens (tertiary/aromatic N) is 1. The minimum Gasteiger partial charge on any atom is -0.324 e. The number of rotatable bonds is 3. The quantitative estimate of drug-likeness (QED) is 0.668. The summed E-state index contributed by atoms with van der Waals surface area (Å²) < 4.78 is 41.7. The van der Waals surface area contributed by atoms with Crippen molar-refractivity contribution >= 4 is 50.9 Å². The van der Waals surface area contributed by atoms with Gasteiger partial charge in [-0.05, 0) is 36.4 Å². The third-order valence-corrected chi connectivity index (χ3v) is 5.48. The number of carbonyl (C=O) groups is 2. The predicted molar refractivity (Wildman–Crippen MR) is 102 cm³/mol. The van der Waals surface area contributed by atoms with E-state index in [2.05, 4.69) is 21.2 Å². The number of fused-ring (bicyclic) bond motifs is 1. The van der Waals surface area contributed by atoms with E-state index in [4.69, 9.17) is 0 Å². The van der Waals surface area contributed by atoms with E-state index in [1.54, 1.807) is 30.3 Å². The maximum Gasteiger partial charge on any atom is 0.409 e. The number of anilines is 2. The first-order valence-electron chi connectivity index (χ1n) is 7.92. The van der Waals surface area contributed by atoms with E-state index < -0.39 is 30.5 Å². The number of hydrogen-bond acceptors (Lipinski definition) is 3. The Balaban J connectivity index is 1.91. The van der Waals surface area contributed by atoms with Gasteiger partial charge in [-0.2, -0.15) is 13.2 Å². The Morgan fingerprint density at radius 1 is 1.19 bits per heavy atom. The number of thioether (sulfide) groups is 1. The lowest BCUT2D eigenvalue weighted by atomic mass is 10.1. The van der Waals surface area contributed by atoms with Gasteiger partial charge in [-0.3, -0.25) is 14.5 Å². The van der Waals surface area contributed by atoms with Crippen molar-refractivity contribution < 1.29 is 22.8 Å². The first-order chi connectivity index (χ1) is 12.8. The summed E-state index contributed by atoms with van der Waals surface area (Å²) in [5.74, 6) is -1.67. The second-order valence-corrected chi connectivity index (χ2v) is 7.80. The van der Waals surface area contributed by atoms with Gasteiger partial charge < -0.3 is 5.32 Å². The van der Waals surface area contributed by atoms with Gasteiger partial charge in [0.15, 0.2) is 0 Å². The minimum absolute atomic E-state index is 0.0482. The van der Waals surface area contributed by atoms with Gasteiger partial charge in [0, 0.05) is 9.37 Å². The number of para-hydroxylation sites is 2. The predicted octanol–water partition coefficient (Wildman–Crippen LogP) is 4.85. The van der Waals surface area contributed by atoms with E-state index in [-0.39, 0.29) is 17.1 Å². The van der Waals surface area contributed by atoms with Gasteiger partial charge in [-0.1, -0.05) is 28.1 Å². The van der Waals surface area contributed by atoms with Crippen molar-refractivity contribution in [1.29, 1.82) is 0 Å². The Morgan fingerprint density at radius 3 is 2.52 bits per heavy atom. The number of nitrogens with one attached hydrogen (secondary N) is 1. The zero-order valence-corrected chi connectivity index (χ0v) is 16.2. The molecule has 0 saturated heterocycles. The molecule has 27 heavy (non-hydrogen) atoms. The van der Waals surface area contributed by atoms with Crippen LogP contribution < -0.4 is 10.2 Å². The van der Waals surface area contributed by atoms with E-state index in [0.29, 0.717) is 4.90 Å². The van der Waals surface area contributed by atoms with E-state index >= 15 is 0 Å². The molecular formula is C18H14BrF3N2O2S. The smallest absolute Gasteiger partial charge is 0.324 e. The third-order valence-electron chi connectivity index (χ3n) is 3.95. The molecule has 1 unspecified atom stereocenters. The average molecular weight is 459 g/mol. The fourth-order valence-corrected chi connectivity index (χ4v) is 3.76. The Morgan fingerprint density at radius 2 is 1.85 bits per heavy atom. The van der Waals surface area contributed by atoms with Crippen LogP contribution >= 0.6 is 27.7 Å². The van der Waals surface area contributed by atoms with Crippen molar-refractivity contribution in [2.24, 2.45) is 0 Å². The summed E-state index contributed by atoms with van der Waals surface area (Å²) >= 11 is 4.44. The monoisotopic (exact) mass is 458 g/mol. The summed E-state index contributed by atoms with van der Waals surface area (Å²) in [6.45, 7) is 0. The Labute approximate surface area is 166 Å². The average Bonchev–Trinajstić information content (AvgIpc) is 2.76. The summed E-state index contributed by atoms with van der Waals surface area (Å²) in [5, 5.41) is 2.44. The van der Waals surface area contributed by atoms with Crippen LogP contribution in [0, 0.1) is 0 Å². The molecule has 0 bridgehead atoms. The van der Waals surface area contributed by atoms with Crippen LogP contribution in [-0.4, -0.2) is 29.8 Å². The fourth-order valence-electron chi connectivity index (χ4n) is 2.74. The minimum atomic E-state index is -4.73. The molecule has 142 valence electrons. The maximum atomic E-state index is 13.6. The molecule has 0 aromatic heterocycles. The molecule has 1 N–H and O–H groups in total. The molecule has 1 aliphatic heterocycles.